The van der Waals surface area contributed by atoms with E-state index in [2.05, 4.69) is 4.98 Å². The van der Waals surface area contributed by atoms with E-state index in [9.17, 15) is 9.59 Å². The van der Waals surface area contributed by atoms with Crippen molar-refractivity contribution < 1.29 is 4.79 Å². The Morgan fingerprint density at radius 3 is 2.59 bits per heavy atom. The largest absolute Gasteiger partial charge is 0.327 e. The zero-order valence-corrected chi connectivity index (χ0v) is 17.0. The molecule has 0 radical (unpaired) electrons. The van der Waals surface area contributed by atoms with Gasteiger partial charge in [-0.15, -0.1) is 0 Å². The molecule has 6 heteroatoms. The standard InChI is InChI=1S/C23H16Cl2N2O2/c1-14-9-10-18-22(29)19(21(28)15-6-4-7-17(24)11-15)13-27(23(18)26-14)12-16-5-2-3-8-20(16)25/h2-11,13H,12H2,1H3. The fraction of sp³-hybridized carbons (Fsp3) is 0.0870. The van der Waals surface area contributed by atoms with E-state index in [4.69, 9.17) is 23.2 Å². The maximum absolute atomic E-state index is 13.1. The van der Waals surface area contributed by atoms with Crippen molar-refractivity contribution in [2.45, 2.75) is 13.5 Å². The van der Waals surface area contributed by atoms with Crippen molar-refractivity contribution in [1.29, 1.82) is 0 Å². The SMILES string of the molecule is Cc1ccc2c(=O)c(C(=O)c3cccc(Cl)c3)cn(Cc3ccccc3Cl)c2n1. The second kappa shape index (κ2) is 7.82. The van der Waals surface area contributed by atoms with Crippen LogP contribution in [0.15, 0.2) is 71.7 Å². The maximum atomic E-state index is 13.1. The molecule has 0 aliphatic rings. The van der Waals surface area contributed by atoms with Crippen LogP contribution in [0.25, 0.3) is 11.0 Å². The number of ketones is 1. The Morgan fingerprint density at radius 2 is 1.83 bits per heavy atom. The van der Waals surface area contributed by atoms with Gasteiger partial charge in [-0.2, -0.15) is 0 Å². The molecular formula is C23H16Cl2N2O2. The topological polar surface area (TPSA) is 52.0 Å². The Morgan fingerprint density at radius 1 is 1.03 bits per heavy atom. The van der Waals surface area contributed by atoms with Gasteiger partial charge in [-0.25, -0.2) is 4.98 Å². The Labute approximate surface area is 177 Å². The van der Waals surface area contributed by atoms with E-state index < -0.39 is 0 Å². The molecule has 2 aromatic heterocycles. The van der Waals surface area contributed by atoms with Crippen molar-refractivity contribution >= 4 is 40.0 Å². The van der Waals surface area contributed by atoms with E-state index in [-0.39, 0.29) is 16.8 Å². The van der Waals surface area contributed by atoms with E-state index in [1.807, 2.05) is 25.1 Å². The summed E-state index contributed by atoms with van der Waals surface area (Å²) in [6, 6.07) is 17.5. The number of rotatable bonds is 4. The van der Waals surface area contributed by atoms with Crippen LogP contribution in [0.5, 0.6) is 0 Å². The first-order chi connectivity index (χ1) is 13.9. The number of halogens is 2. The second-order valence-corrected chi connectivity index (χ2v) is 7.60. The highest BCUT2D eigenvalue weighted by Crippen LogP contribution is 2.20. The number of aromatic nitrogens is 2. The third-order valence-electron chi connectivity index (χ3n) is 4.69. The lowest BCUT2D eigenvalue weighted by Crippen LogP contribution is -2.21. The van der Waals surface area contributed by atoms with Crippen LogP contribution in [0, 0.1) is 6.92 Å². The van der Waals surface area contributed by atoms with Crippen molar-refractivity contribution in [2.24, 2.45) is 0 Å². The van der Waals surface area contributed by atoms with Crippen molar-refractivity contribution in [3.05, 3.63) is 110 Å². The van der Waals surface area contributed by atoms with Crippen molar-refractivity contribution in [3.63, 3.8) is 0 Å². The number of fused-ring (bicyclic) bond motifs is 1. The first kappa shape index (κ1) is 19.4. The molecule has 0 unspecified atom stereocenters. The number of nitrogens with zero attached hydrogens (tertiary/aromatic N) is 2. The molecule has 0 bridgehead atoms. The summed E-state index contributed by atoms with van der Waals surface area (Å²) in [6.07, 6.45) is 1.56. The number of benzene rings is 2. The highest BCUT2D eigenvalue weighted by Gasteiger charge is 2.18. The van der Waals surface area contributed by atoms with Crippen molar-refractivity contribution in [1.82, 2.24) is 9.55 Å². The number of pyridine rings is 2. The molecular weight excluding hydrogens is 407 g/mol. The summed E-state index contributed by atoms with van der Waals surface area (Å²) in [5.41, 5.74) is 2.23. The van der Waals surface area contributed by atoms with Gasteiger partial charge in [0.25, 0.3) is 0 Å². The summed E-state index contributed by atoms with van der Waals surface area (Å²) >= 11 is 12.4. The first-order valence-electron chi connectivity index (χ1n) is 8.98. The molecule has 0 saturated heterocycles. The van der Waals surface area contributed by atoms with Gasteiger partial charge in [0.05, 0.1) is 17.5 Å². The average Bonchev–Trinajstić information content (AvgIpc) is 2.71. The molecule has 29 heavy (non-hydrogen) atoms. The summed E-state index contributed by atoms with van der Waals surface area (Å²) in [4.78, 5) is 30.7. The van der Waals surface area contributed by atoms with Gasteiger partial charge in [-0.05, 0) is 42.8 Å². The van der Waals surface area contributed by atoms with Crippen LogP contribution in [0.1, 0.15) is 27.2 Å². The molecule has 4 nitrogen and oxygen atoms in total. The zero-order chi connectivity index (χ0) is 20.5. The quantitative estimate of drug-likeness (QED) is 0.419. The average molecular weight is 423 g/mol. The minimum atomic E-state index is -0.382. The van der Waals surface area contributed by atoms with E-state index in [1.54, 1.807) is 53.2 Å². The second-order valence-electron chi connectivity index (χ2n) is 6.75. The lowest BCUT2D eigenvalue weighted by molar-refractivity contribution is 0.103. The maximum Gasteiger partial charge on any atom is 0.202 e. The number of carbonyl (C=O) groups is 1. The lowest BCUT2D eigenvalue weighted by atomic mass is 10.0. The highest BCUT2D eigenvalue weighted by molar-refractivity contribution is 6.31. The number of hydrogen-bond donors (Lipinski definition) is 0. The molecule has 0 spiro atoms. The molecule has 144 valence electrons. The Hall–Kier alpha value is -2.95. The predicted molar refractivity (Wildman–Crippen MR) is 116 cm³/mol. The molecule has 2 aromatic carbocycles. The smallest absolute Gasteiger partial charge is 0.202 e. The van der Waals surface area contributed by atoms with Crippen molar-refractivity contribution in [3.8, 4) is 0 Å². The predicted octanol–water partition coefficient (Wildman–Crippen LogP) is 5.29. The summed E-state index contributed by atoms with van der Waals surface area (Å²) in [7, 11) is 0. The molecule has 0 saturated carbocycles. The van der Waals surface area contributed by atoms with Gasteiger partial charge >= 0.3 is 0 Å². The number of carbonyl (C=O) groups excluding carboxylic acids is 1. The number of hydrogen-bond acceptors (Lipinski definition) is 3. The molecule has 0 atom stereocenters. The van der Waals surface area contributed by atoms with Crippen LogP contribution in [0.3, 0.4) is 0 Å². The van der Waals surface area contributed by atoms with Gasteiger partial charge < -0.3 is 4.57 Å². The number of aryl methyl sites for hydroxylation is 1. The first-order valence-corrected chi connectivity index (χ1v) is 9.74. The molecule has 0 amide bonds. The lowest BCUT2D eigenvalue weighted by Gasteiger charge is -2.14. The van der Waals surface area contributed by atoms with Crippen LogP contribution in [0.2, 0.25) is 10.0 Å². The summed E-state index contributed by atoms with van der Waals surface area (Å²) in [6.45, 7) is 2.23. The Kier molecular flexibility index (Phi) is 5.22. The van der Waals surface area contributed by atoms with E-state index in [1.165, 1.54) is 0 Å². The van der Waals surface area contributed by atoms with Gasteiger partial charge in [0, 0.05) is 27.5 Å². The van der Waals surface area contributed by atoms with Gasteiger partial charge in [0.1, 0.15) is 5.65 Å². The van der Waals surface area contributed by atoms with Crippen LogP contribution >= 0.6 is 23.2 Å². The monoisotopic (exact) mass is 422 g/mol. The van der Waals surface area contributed by atoms with Crippen LogP contribution in [-0.4, -0.2) is 15.3 Å². The zero-order valence-electron chi connectivity index (χ0n) is 15.5. The van der Waals surface area contributed by atoms with Gasteiger partial charge in [0.2, 0.25) is 5.43 Å². The van der Waals surface area contributed by atoms with Crippen LogP contribution < -0.4 is 5.43 Å². The van der Waals surface area contributed by atoms with Gasteiger partial charge in [-0.3, -0.25) is 9.59 Å². The minimum absolute atomic E-state index is 0.0671. The van der Waals surface area contributed by atoms with E-state index >= 15 is 0 Å². The molecule has 4 aromatic rings. The molecule has 2 heterocycles. The van der Waals surface area contributed by atoms with Crippen LogP contribution in [-0.2, 0) is 6.54 Å². The third-order valence-corrected chi connectivity index (χ3v) is 5.29. The summed E-state index contributed by atoms with van der Waals surface area (Å²) in [5.74, 6) is -0.382. The molecule has 4 rings (SSSR count). The van der Waals surface area contributed by atoms with E-state index in [0.717, 1.165) is 11.3 Å². The minimum Gasteiger partial charge on any atom is -0.327 e. The third kappa shape index (κ3) is 3.82. The Bertz CT molecular complexity index is 1310. The van der Waals surface area contributed by atoms with E-state index in [0.29, 0.717) is 33.2 Å². The Balaban J connectivity index is 1.93. The highest BCUT2D eigenvalue weighted by atomic mass is 35.5. The molecule has 0 aliphatic carbocycles. The molecule has 0 N–H and O–H groups in total. The van der Waals surface area contributed by atoms with Gasteiger partial charge in [-0.1, -0.05) is 53.5 Å². The normalized spacial score (nSPS) is 11.0. The van der Waals surface area contributed by atoms with Gasteiger partial charge in [0.15, 0.2) is 5.78 Å². The fourth-order valence-electron chi connectivity index (χ4n) is 3.24. The summed E-state index contributed by atoms with van der Waals surface area (Å²) in [5, 5.41) is 1.43. The fourth-order valence-corrected chi connectivity index (χ4v) is 3.62. The van der Waals surface area contributed by atoms with Crippen molar-refractivity contribution in [2.75, 3.05) is 0 Å². The van der Waals surface area contributed by atoms with Crippen LogP contribution in [0.4, 0.5) is 0 Å². The summed E-state index contributed by atoms with van der Waals surface area (Å²) < 4.78 is 1.79. The molecule has 0 fully saturated rings. The molecule has 0 aliphatic heterocycles.